The zero-order valence-electron chi connectivity index (χ0n) is 11.0. The molecule has 3 aromatic rings. The maximum Gasteiger partial charge on any atom is 0.202 e. The van der Waals surface area contributed by atoms with Crippen molar-refractivity contribution < 1.29 is 14.0 Å². The monoisotopic (exact) mass is 271 g/mol. The summed E-state index contributed by atoms with van der Waals surface area (Å²) in [6, 6.07) is 5.64. The minimum atomic E-state index is 0.621. The highest BCUT2D eigenvalue weighted by molar-refractivity contribution is 5.82. The molecule has 6 nitrogen and oxygen atoms in total. The van der Waals surface area contributed by atoms with Crippen LogP contribution in [0.3, 0.4) is 0 Å². The summed E-state index contributed by atoms with van der Waals surface area (Å²) >= 11 is 0. The fourth-order valence-corrected chi connectivity index (χ4v) is 2.26. The van der Waals surface area contributed by atoms with Crippen molar-refractivity contribution in [3.63, 3.8) is 0 Å². The fraction of sp³-hybridized carbons (Fsp3) is 0.286. The Hall–Kier alpha value is -2.50. The predicted octanol–water partition coefficient (Wildman–Crippen LogP) is 2.69. The average Bonchev–Trinajstić information content (AvgIpc) is 2.97. The lowest BCUT2D eigenvalue weighted by Gasteiger charge is -2.05. The minimum absolute atomic E-state index is 0.621. The van der Waals surface area contributed by atoms with Crippen molar-refractivity contribution in [3.05, 3.63) is 23.9 Å². The van der Waals surface area contributed by atoms with Gasteiger partial charge in [-0.25, -0.2) is 4.98 Å². The van der Waals surface area contributed by atoms with Gasteiger partial charge in [0.25, 0.3) is 0 Å². The Bertz CT molecular complexity index is 732. The van der Waals surface area contributed by atoms with E-state index in [0.29, 0.717) is 24.8 Å². The molecule has 0 amide bonds. The molecule has 1 aliphatic rings. The normalized spacial score (nSPS) is 14.4. The Morgan fingerprint density at radius 3 is 2.65 bits per heavy atom. The first-order valence-electron chi connectivity index (χ1n) is 6.53. The first kappa shape index (κ1) is 11.3. The van der Waals surface area contributed by atoms with Crippen molar-refractivity contribution >= 4 is 11.0 Å². The first-order chi connectivity index (χ1) is 9.79. The third kappa shape index (κ3) is 1.80. The number of nitrogens with zero attached hydrogens (tertiary/aromatic N) is 2. The van der Waals surface area contributed by atoms with Crippen LogP contribution in [0.25, 0.3) is 22.6 Å². The van der Waals surface area contributed by atoms with Crippen LogP contribution in [0.1, 0.15) is 12.1 Å². The summed E-state index contributed by atoms with van der Waals surface area (Å²) in [5.74, 6) is 2.76. The topological polar surface area (TPSA) is 73.2 Å². The van der Waals surface area contributed by atoms with Crippen molar-refractivity contribution in [1.29, 1.82) is 0 Å². The van der Waals surface area contributed by atoms with Gasteiger partial charge in [0.15, 0.2) is 17.3 Å². The highest BCUT2D eigenvalue weighted by Gasteiger charge is 2.15. The maximum absolute atomic E-state index is 5.67. The van der Waals surface area contributed by atoms with Crippen LogP contribution in [0.2, 0.25) is 0 Å². The van der Waals surface area contributed by atoms with Gasteiger partial charge in [0.05, 0.1) is 29.9 Å². The van der Waals surface area contributed by atoms with Crippen LogP contribution >= 0.6 is 0 Å². The largest absolute Gasteiger partial charge is 0.489 e. The lowest BCUT2D eigenvalue weighted by atomic mass is 10.3. The van der Waals surface area contributed by atoms with E-state index in [0.717, 1.165) is 34.6 Å². The van der Waals surface area contributed by atoms with E-state index >= 15 is 0 Å². The van der Waals surface area contributed by atoms with Gasteiger partial charge in [-0.1, -0.05) is 5.16 Å². The SMILES string of the molecule is Cc1cc(-c2nc3cc4c(cc3[nH]2)OCCCO4)on1. The molecule has 3 heterocycles. The Kier molecular flexibility index (Phi) is 2.42. The fourth-order valence-electron chi connectivity index (χ4n) is 2.26. The van der Waals surface area contributed by atoms with Crippen LogP contribution in [-0.2, 0) is 0 Å². The molecular weight excluding hydrogens is 258 g/mol. The molecule has 20 heavy (non-hydrogen) atoms. The van der Waals surface area contributed by atoms with Crippen LogP contribution in [-0.4, -0.2) is 28.3 Å². The van der Waals surface area contributed by atoms with Crippen molar-refractivity contribution in [2.75, 3.05) is 13.2 Å². The van der Waals surface area contributed by atoms with E-state index in [1.54, 1.807) is 0 Å². The lowest BCUT2D eigenvalue weighted by Crippen LogP contribution is -1.97. The number of rotatable bonds is 1. The number of hydrogen-bond donors (Lipinski definition) is 1. The number of hydrogen-bond acceptors (Lipinski definition) is 5. The van der Waals surface area contributed by atoms with Gasteiger partial charge in [-0.2, -0.15) is 0 Å². The number of benzene rings is 1. The molecule has 0 atom stereocenters. The molecule has 1 N–H and O–H groups in total. The molecule has 0 fully saturated rings. The molecule has 0 saturated heterocycles. The van der Waals surface area contributed by atoms with Gasteiger partial charge in [0.1, 0.15) is 0 Å². The molecule has 0 unspecified atom stereocenters. The van der Waals surface area contributed by atoms with E-state index in [1.165, 1.54) is 0 Å². The molecule has 2 aromatic heterocycles. The van der Waals surface area contributed by atoms with E-state index in [1.807, 2.05) is 25.1 Å². The number of H-pyrrole nitrogens is 1. The zero-order valence-corrected chi connectivity index (χ0v) is 11.0. The van der Waals surface area contributed by atoms with Crippen molar-refractivity contribution in [2.24, 2.45) is 0 Å². The zero-order chi connectivity index (χ0) is 13.5. The Morgan fingerprint density at radius 2 is 1.90 bits per heavy atom. The molecule has 0 radical (unpaired) electrons. The van der Waals surface area contributed by atoms with E-state index in [-0.39, 0.29) is 0 Å². The Morgan fingerprint density at radius 1 is 1.10 bits per heavy atom. The molecular formula is C14H13N3O3. The summed E-state index contributed by atoms with van der Waals surface area (Å²) < 4.78 is 16.5. The summed E-state index contributed by atoms with van der Waals surface area (Å²) in [6.45, 7) is 3.21. The summed E-state index contributed by atoms with van der Waals surface area (Å²) in [5, 5.41) is 3.87. The summed E-state index contributed by atoms with van der Waals surface area (Å²) in [6.07, 6.45) is 0.888. The third-order valence-corrected chi connectivity index (χ3v) is 3.21. The molecule has 0 aliphatic carbocycles. The van der Waals surface area contributed by atoms with E-state index in [4.69, 9.17) is 14.0 Å². The summed E-state index contributed by atoms with van der Waals surface area (Å²) in [7, 11) is 0. The molecule has 1 aromatic carbocycles. The van der Waals surface area contributed by atoms with Gasteiger partial charge in [-0.3, -0.25) is 0 Å². The van der Waals surface area contributed by atoms with Gasteiger partial charge in [0, 0.05) is 24.6 Å². The van der Waals surface area contributed by atoms with Gasteiger partial charge in [-0.05, 0) is 6.92 Å². The van der Waals surface area contributed by atoms with Gasteiger partial charge < -0.3 is 19.0 Å². The standard InChI is InChI=1S/C14H13N3O3/c1-8-5-13(20-17-8)14-15-9-6-11-12(7-10(9)16-14)19-4-2-3-18-11/h5-7H,2-4H2,1H3,(H,15,16). The molecule has 6 heteroatoms. The van der Waals surface area contributed by atoms with Crippen LogP contribution < -0.4 is 9.47 Å². The van der Waals surface area contributed by atoms with Gasteiger partial charge in [0.2, 0.25) is 5.76 Å². The predicted molar refractivity (Wildman–Crippen MR) is 71.9 cm³/mol. The number of aromatic nitrogens is 3. The van der Waals surface area contributed by atoms with Gasteiger partial charge in [-0.15, -0.1) is 0 Å². The second-order valence-electron chi connectivity index (χ2n) is 4.78. The highest BCUT2D eigenvalue weighted by atomic mass is 16.5. The van der Waals surface area contributed by atoms with Crippen LogP contribution in [0.5, 0.6) is 11.5 Å². The number of aryl methyl sites for hydroxylation is 1. The Balaban J connectivity index is 1.83. The van der Waals surface area contributed by atoms with Crippen LogP contribution in [0.15, 0.2) is 22.7 Å². The number of ether oxygens (including phenoxy) is 2. The second kappa shape index (κ2) is 4.26. The molecule has 102 valence electrons. The minimum Gasteiger partial charge on any atom is -0.489 e. The molecule has 0 bridgehead atoms. The van der Waals surface area contributed by atoms with Crippen molar-refractivity contribution in [2.45, 2.75) is 13.3 Å². The number of fused-ring (bicyclic) bond motifs is 2. The molecule has 0 saturated carbocycles. The maximum atomic E-state index is 5.67. The van der Waals surface area contributed by atoms with Crippen LogP contribution in [0, 0.1) is 6.92 Å². The smallest absolute Gasteiger partial charge is 0.202 e. The summed E-state index contributed by atoms with van der Waals surface area (Å²) in [5.41, 5.74) is 2.53. The van der Waals surface area contributed by atoms with E-state index in [2.05, 4.69) is 15.1 Å². The quantitative estimate of drug-likeness (QED) is 0.736. The molecule has 0 spiro atoms. The Labute approximate surface area is 114 Å². The second-order valence-corrected chi connectivity index (χ2v) is 4.78. The number of imidazole rings is 1. The van der Waals surface area contributed by atoms with Gasteiger partial charge >= 0.3 is 0 Å². The first-order valence-corrected chi connectivity index (χ1v) is 6.53. The molecule has 1 aliphatic heterocycles. The highest BCUT2D eigenvalue weighted by Crippen LogP contribution is 2.34. The molecule has 4 rings (SSSR count). The van der Waals surface area contributed by atoms with E-state index in [9.17, 15) is 0 Å². The number of nitrogens with one attached hydrogen (secondary N) is 1. The third-order valence-electron chi connectivity index (χ3n) is 3.21. The lowest BCUT2D eigenvalue weighted by molar-refractivity contribution is 0.297. The average molecular weight is 271 g/mol. The van der Waals surface area contributed by atoms with Crippen molar-refractivity contribution in [1.82, 2.24) is 15.1 Å². The van der Waals surface area contributed by atoms with Crippen molar-refractivity contribution in [3.8, 4) is 23.1 Å². The van der Waals surface area contributed by atoms with E-state index < -0.39 is 0 Å². The number of aromatic amines is 1. The summed E-state index contributed by atoms with van der Waals surface area (Å²) in [4.78, 5) is 7.73. The van der Waals surface area contributed by atoms with Crippen LogP contribution in [0.4, 0.5) is 0 Å².